The van der Waals surface area contributed by atoms with Gasteiger partial charge in [-0.1, -0.05) is 41.4 Å². The van der Waals surface area contributed by atoms with Gasteiger partial charge in [-0.25, -0.2) is 9.37 Å². The summed E-state index contributed by atoms with van der Waals surface area (Å²) < 4.78 is 14.0. The molecule has 4 rings (SSSR count). The normalized spacial score (nSPS) is 13.6. The molecule has 0 aliphatic carbocycles. The van der Waals surface area contributed by atoms with Crippen molar-refractivity contribution in [3.8, 4) is 0 Å². The third-order valence-corrected chi connectivity index (χ3v) is 6.53. The number of carbonyl (C=O) groups is 2. The molecule has 3 aromatic rings. The minimum absolute atomic E-state index is 0.0646. The molecule has 0 bridgehead atoms. The van der Waals surface area contributed by atoms with Crippen LogP contribution in [0.5, 0.6) is 0 Å². The first-order chi connectivity index (χ1) is 16.9. The number of amides is 2. The van der Waals surface area contributed by atoms with Crippen LogP contribution >= 0.6 is 23.2 Å². The van der Waals surface area contributed by atoms with Gasteiger partial charge in [-0.2, -0.15) is 0 Å². The number of benzene rings is 2. The molecule has 1 saturated heterocycles. The highest BCUT2D eigenvalue weighted by molar-refractivity contribution is 6.31. The number of hydrogen-bond donors (Lipinski definition) is 1. The minimum atomic E-state index is -0.470. The molecule has 1 fully saturated rings. The van der Waals surface area contributed by atoms with Crippen molar-refractivity contribution in [3.63, 3.8) is 0 Å². The maximum absolute atomic E-state index is 14.0. The highest BCUT2D eigenvalue weighted by atomic mass is 35.5. The Balaban J connectivity index is 1.25. The topological polar surface area (TPSA) is 65.5 Å². The first-order valence-corrected chi connectivity index (χ1v) is 12.1. The molecular weight excluding hydrogens is 490 g/mol. The molecular formula is C26H25Cl2FN4O2. The van der Waals surface area contributed by atoms with Crippen LogP contribution in [0.1, 0.15) is 21.5 Å². The number of nitrogens with zero attached hydrogens (tertiary/aromatic N) is 3. The maximum atomic E-state index is 14.0. The van der Waals surface area contributed by atoms with Gasteiger partial charge in [0.1, 0.15) is 11.6 Å². The molecule has 2 amide bonds. The second-order valence-electron chi connectivity index (χ2n) is 8.29. The fourth-order valence-electron chi connectivity index (χ4n) is 3.97. The Morgan fingerprint density at radius 3 is 2.46 bits per heavy atom. The molecule has 2 aromatic carbocycles. The lowest BCUT2D eigenvalue weighted by atomic mass is 10.1. The molecule has 6 nitrogen and oxygen atoms in total. The molecule has 9 heteroatoms. The summed E-state index contributed by atoms with van der Waals surface area (Å²) in [5, 5.41) is 3.83. The quantitative estimate of drug-likeness (QED) is 0.507. The van der Waals surface area contributed by atoms with Crippen molar-refractivity contribution in [2.24, 2.45) is 0 Å². The van der Waals surface area contributed by atoms with Crippen molar-refractivity contribution in [2.45, 2.75) is 12.8 Å². The molecule has 0 radical (unpaired) electrons. The van der Waals surface area contributed by atoms with Crippen molar-refractivity contribution in [1.29, 1.82) is 0 Å². The van der Waals surface area contributed by atoms with Gasteiger partial charge in [0.15, 0.2) is 0 Å². The van der Waals surface area contributed by atoms with E-state index >= 15 is 0 Å². The summed E-state index contributed by atoms with van der Waals surface area (Å²) in [5.41, 5.74) is 1.76. The van der Waals surface area contributed by atoms with E-state index in [2.05, 4.69) is 15.2 Å². The standard InChI is InChI=1S/C26H25Cl2FN4O2/c27-20-4-1-3-18(15-20)9-10-30-26(35)19-7-8-24(31-17-19)32-11-13-33(14-12-32)25(34)16-21-22(28)5-2-6-23(21)29/h1-8,15,17H,9-14,16H2,(H,30,35). The second kappa shape index (κ2) is 11.5. The predicted octanol–water partition coefficient (Wildman–Crippen LogP) is 4.39. The van der Waals surface area contributed by atoms with Crippen LogP contribution in [0.25, 0.3) is 0 Å². The average molecular weight is 515 g/mol. The number of pyridine rings is 1. The second-order valence-corrected chi connectivity index (χ2v) is 9.13. The minimum Gasteiger partial charge on any atom is -0.353 e. The van der Waals surface area contributed by atoms with Crippen molar-refractivity contribution in [2.75, 3.05) is 37.6 Å². The van der Waals surface area contributed by atoms with Gasteiger partial charge >= 0.3 is 0 Å². The van der Waals surface area contributed by atoms with Crippen LogP contribution in [0.4, 0.5) is 10.2 Å². The van der Waals surface area contributed by atoms with Gasteiger partial charge in [-0.05, 0) is 48.4 Å². The Labute approximate surface area is 213 Å². The zero-order chi connectivity index (χ0) is 24.8. The molecule has 1 aliphatic rings. The fourth-order valence-corrected chi connectivity index (χ4v) is 4.41. The third kappa shape index (κ3) is 6.50. The van der Waals surface area contributed by atoms with E-state index in [1.54, 1.807) is 23.2 Å². The van der Waals surface area contributed by atoms with E-state index in [1.807, 2.05) is 30.3 Å². The van der Waals surface area contributed by atoms with E-state index in [-0.39, 0.29) is 28.8 Å². The highest BCUT2D eigenvalue weighted by Crippen LogP contribution is 2.21. The highest BCUT2D eigenvalue weighted by Gasteiger charge is 2.23. The van der Waals surface area contributed by atoms with Gasteiger partial charge in [0.2, 0.25) is 5.91 Å². The van der Waals surface area contributed by atoms with E-state index in [9.17, 15) is 14.0 Å². The summed E-state index contributed by atoms with van der Waals surface area (Å²) in [4.78, 5) is 33.3. The van der Waals surface area contributed by atoms with E-state index < -0.39 is 5.82 Å². The molecule has 0 saturated carbocycles. The van der Waals surface area contributed by atoms with Crippen LogP contribution in [-0.2, 0) is 17.6 Å². The van der Waals surface area contributed by atoms with E-state index in [1.165, 1.54) is 12.1 Å². The largest absolute Gasteiger partial charge is 0.353 e. The lowest BCUT2D eigenvalue weighted by Crippen LogP contribution is -2.49. The Bertz CT molecular complexity index is 1180. The summed E-state index contributed by atoms with van der Waals surface area (Å²) in [7, 11) is 0. The van der Waals surface area contributed by atoms with Crippen LogP contribution in [0, 0.1) is 5.82 Å². The Hall–Kier alpha value is -3.16. The van der Waals surface area contributed by atoms with Gasteiger partial charge in [0.05, 0.1) is 12.0 Å². The SMILES string of the molecule is O=C(NCCc1cccc(Cl)c1)c1ccc(N2CCN(C(=O)Cc3c(F)cccc3Cl)CC2)nc1. The first kappa shape index (κ1) is 24.9. The Morgan fingerprint density at radius 2 is 1.77 bits per heavy atom. The molecule has 1 aliphatic heterocycles. The lowest BCUT2D eigenvalue weighted by molar-refractivity contribution is -0.130. The number of piperazine rings is 1. The van der Waals surface area contributed by atoms with Crippen molar-refractivity contribution in [1.82, 2.24) is 15.2 Å². The van der Waals surface area contributed by atoms with Gasteiger partial charge in [0.25, 0.3) is 5.91 Å². The van der Waals surface area contributed by atoms with Crippen molar-refractivity contribution < 1.29 is 14.0 Å². The maximum Gasteiger partial charge on any atom is 0.252 e. The van der Waals surface area contributed by atoms with Crippen molar-refractivity contribution in [3.05, 3.63) is 93.3 Å². The van der Waals surface area contributed by atoms with Crippen LogP contribution in [-0.4, -0.2) is 54.4 Å². The van der Waals surface area contributed by atoms with E-state index in [0.717, 1.165) is 11.4 Å². The number of aromatic nitrogens is 1. The summed E-state index contributed by atoms with van der Waals surface area (Å²) in [6.07, 6.45) is 2.18. The van der Waals surface area contributed by atoms with Gasteiger partial charge in [-0.3, -0.25) is 9.59 Å². The number of rotatable bonds is 7. The average Bonchev–Trinajstić information content (AvgIpc) is 2.86. The van der Waals surface area contributed by atoms with E-state index in [4.69, 9.17) is 23.2 Å². The zero-order valence-electron chi connectivity index (χ0n) is 19.0. The monoisotopic (exact) mass is 514 g/mol. The van der Waals surface area contributed by atoms with E-state index in [0.29, 0.717) is 49.7 Å². The van der Waals surface area contributed by atoms with Crippen molar-refractivity contribution >= 4 is 40.8 Å². The summed E-state index contributed by atoms with van der Waals surface area (Å²) >= 11 is 12.0. The number of anilines is 1. The number of halogens is 3. The zero-order valence-corrected chi connectivity index (χ0v) is 20.5. The van der Waals surface area contributed by atoms with Gasteiger partial charge < -0.3 is 15.1 Å². The smallest absolute Gasteiger partial charge is 0.252 e. The molecule has 0 unspecified atom stereocenters. The molecule has 1 N–H and O–H groups in total. The lowest BCUT2D eigenvalue weighted by Gasteiger charge is -2.35. The van der Waals surface area contributed by atoms with Crippen LogP contribution < -0.4 is 10.2 Å². The number of nitrogens with one attached hydrogen (secondary N) is 1. The van der Waals surface area contributed by atoms with Crippen LogP contribution in [0.2, 0.25) is 10.0 Å². The third-order valence-electron chi connectivity index (χ3n) is 5.94. The van der Waals surface area contributed by atoms with Crippen LogP contribution in [0.15, 0.2) is 60.8 Å². The molecule has 2 heterocycles. The molecule has 182 valence electrons. The fraction of sp³-hybridized carbons (Fsp3) is 0.269. The van der Waals surface area contributed by atoms with Crippen LogP contribution in [0.3, 0.4) is 0 Å². The number of hydrogen-bond acceptors (Lipinski definition) is 4. The summed E-state index contributed by atoms with van der Waals surface area (Å²) in [6, 6.07) is 15.5. The first-order valence-electron chi connectivity index (χ1n) is 11.3. The van der Waals surface area contributed by atoms with Gasteiger partial charge in [0, 0.05) is 54.5 Å². The Morgan fingerprint density at radius 1 is 1.00 bits per heavy atom. The molecule has 1 aromatic heterocycles. The Kier molecular flexibility index (Phi) is 8.21. The summed E-state index contributed by atoms with van der Waals surface area (Å²) in [5.74, 6) is -0.0744. The predicted molar refractivity (Wildman–Crippen MR) is 136 cm³/mol. The summed E-state index contributed by atoms with van der Waals surface area (Å²) in [6.45, 7) is 2.68. The molecule has 35 heavy (non-hydrogen) atoms. The van der Waals surface area contributed by atoms with Gasteiger partial charge in [-0.15, -0.1) is 0 Å². The molecule has 0 spiro atoms. The molecule has 0 atom stereocenters. The number of carbonyl (C=O) groups excluding carboxylic acids is 2.